The Balaban J connectivity index is 2.77. The van der Waals surface area contributed by atoms with Crippen LogP contribution in [0.1, 0.15) is 0 Å². The third kappa shape index (κ3) is 3.01. The SMILES string of the molecule is C=C(Br)CNc1cccc(F)c1Cl. The molecule has 1 nitrogen and oxygen atoms in total. The maximum absolute atomic E-state index is 12.9. The summed E-state index contributed by atoms with van der Waals surface area (Å²) in [5.41, 5.74) is 0.572. The van der Waals surface area contributed by atoms with Gasteiger partial charge >= 0.3 is 0 Å². The van der Waals surface area contributed by atoms with Crippen molar-refractivity contribution in [3.63, 3.8) is 0 Å². The summed E-state index contributed by atoms with van der Waals surface area (Å²) in [6.45, 7) is 4.16. The molecule has 13 heavy (non-hydrogen) atoms. The lowest BCUT2D eigenvalue weighted by Crippen LogP contribution is -2.01. The first kappa shape index (κ1) is 10.5. The van der Waals surface area contributed by atoms with Crippen molar-refractivity contribution in [3.8, 4) is 0 Å². The van der Waals surface area contributed by atoms with Crippen LogP contribution in [0.5, 0.6) is 0 Å². The zero-order valence-electron chi connectivity index (χ0n) is 6.78. The number of rotatable bonds is 3. The van der Waals surface area contributed by atoms with Crippen molar-refractivity contribution in [2.75, 3.05) is 11.9 Å². The van der Waals surface area contributed by atoms with Crippen molar-refractivity contribution < 1.29 is 4.39 Å². The molecule has 0 saturated carbocycles. The van der Waals surface area contributed by atoms with E-state index in [1.807, 2.05) is 0 Å². The first-order valence-corrected chi connectivity index (χ1v) is 4.79. The lowest BCUT2D eigenvalue weighted by Gasteiger charge is -2.07. The molecular weight excluding hydrogens is 256 g/mol. The Kier molecular flexibility index (Phi) is 3.75. The van der Waals surface area contributed by atoms with E-state index < -0.39 is 5.82 Å². The maximum atomic E-state index is 12.9. The van der Waals surface area contributed by atoms with Gasteiger partial charge in [0.05, 0.1) is 10.7 Å². The highest BCUT2D eigenvalue weighted by Gasteiger charge is 2.04. The average molecular weight is 265 g/mol. The van der Waals surface area contributed by atoms with Crippen LogP contribution < -0.4 is 5.32 Å². The van der Waals surface area contributed by atoms with Gasteiger partial charge in [-0.15, -0.1) is 0 Å². The van der Waals surface area contributed by atoms with E-state index in [2.05, 4.69) is 27.8 Å². The van der Waals surface area contributed by atoms with Gasteiger partial charge in [-0.25, -0.2) is 4.39 Å². The monoisotopic (exact) mass is 263 g/mol. The summed E-state index contributed by atoms with van der Waals surface area (Å²) in [4.78, 5) is 0. The van der Waals surface area contributed by atoms with Gasteiger partial charge in [-0.1, -0.05) is 40.2 Å². The van der Waals surface area contributed by atoms with Crippen molar-refractivity contribution in [2.24, 2.45) is 0 Å². The third-order valence-electron chi connectivity index (χ3n) is 1.42. The van der Waals surface area contributed by atoms with Gasteiger partial charge in [-0.05, 0) is 12.1 Å². The predicted octanol–water partition coefficient (Wildman–Crippen LogP) is 3.80. The Morgan fingerprint density at radius 3 is 2.92 bits per heavy atom. The van der Waals surface area contributed by atoms with Crippen LogP contribution in [0.25, 0.3) is 0 Å². The van der Waals surface area contributed by atoms with E-state index in [9.17, 15) is 4.39 Å². The molecule has 0 amide bonds. The van der Waals surface area contributed by atoms with Gasteiger partial charge in [0.15, 0.2) is 0 Å². The van der Waals surface area contributed by atoms with Crippen molar-refractivity contribution in [1.82, 2.24) is 0 Å². The molecule has 0 fully saturated rings. The molecule has 0 aliphatic heterocycles. The normalized spacial score (nSPS) is 9.77. The van der Waals surface area contributed by atoms with Gasteiger partial charge in [-0.2, -0.15) is 0 Å². The molecule has 0 unspecified atom stereocenters. The molecule has 0 aliphatic rings. The molecule has 1 aromatic carbocycles. The van der Waals surface area contributed by atoms with E-state index in [-0.39, 0.29) is 5.02 Å². The lowest BCUT2D eigenvalue weighted by molar-refractivity contribution is 0.629. The van der Waals surface area contributed by atoms with Crippen LogP contribution in [-0.4, -0.2) is 6.54 Å². The van der Waals surface area contributed by atoms with Crippen LogP contribution in [0.2, 0.25) is 5.02 Å². The minimum atomic E-state index is -0.424. The summed E-state index contributed by atoms with van der Waals surface area (Å²) in [7, 11) is 0. The Bertz CT molecular complexity index is 327. The fourth-order valence-electron chi connectivity index (χ4n) is 0.831. The number of halogens is 3. The molecule has 0 radical (unpaired) electrons. The molecule has 0 aromatic heterocycles. The summed E-state index contributed by atoms with van der Waals surface area (Å²) in [5, 5.41) is 3.04. The first-order valence-electron chi connectivity index (χ1n) is 3.62. The average Bonchev–Trinajstić information content (AvgIpc) is 2.07. The van der Waals surface area contributed by atoms with Crippen LogP contribution in [0.15, 0.2) is 29.3 Å². The van der Waals surface area contributed by atoms with Crippen LogP contribution >= 0.6 is 27.5 Å². The summed E-state index contributed by atoms with van der Waals surface area (Å²) in [6.07, 6.45) is 0. The van der Waals surface area contributed by atoms with Crippen LogP contribution in [-0.2, 0) is 0 Å². The number of hydrogen-bond donors (Lipinski definition) is 1. The van der Waals surface area contributed by atoms with Crippen LogP contribution in [0.4, 0.5) is 10.1 Å². The van der Waals surface area contributed by atoms with Crippen molar-refractivity contribution >= 4 is 33.2 Å². The first-order chi connectivity index (χ1) is 6.11. The van der Waals surface area contributed by atoms with Crippen LogP contribution in [0.3, 0.4) is 0 Å². The molecule has 1 rings (SSSR count). The largest absolute Gasteiger partial charge is 0.379 e. The van der Waals surface area contributed by atoms with Crippen LogP contribution in [0, 0.1) is 5.82 Å². The molecule has 0 saturated heterocycles. The van der Waals surface area contributed by atoms with E-state index in [1.165, 1.54) is 6.07 Å². The van der Waals surface area contributed by atoms with E-state index in [0.717, 1.165) is 4.48 Å². The van der Waals surface area contributed by atoms with Gasteiger partial charge in [0.2, 0.25) is 0 Å². The van der Waals surface area contributed by atoms with Crippen molar-refractivity contribution in [3.05, 3.63) is 40.1 Å². The maximum Gasteiger partial charge on any atom is 0.143 e. The zero-order chi connectivity index (χ0) is 9.84. The highest BCUT2D eigenvalue weighted by atomic mass is 79.9. The third-order valence-corrected chi connectivity index (χ3v) is 2.09. The number of anilines is 1. The van der Waals surface area contributed by atoms with Gasteiger partial charge in [-0.3, -0.25) is 0 Å². The highest BCUT2D eigenvalue weighted by molar-refractivity contribution is 9.11. The van der Waals surface area contributed by atoms with E-state index in [0.29, 0.717) is 12.2 Å². The van der Waals surface area contributed by atoms with Gasteiger partial charge in [0.25, 0.3) is 0 Å². The smallest absolute Gasteiger partial charge is 0.143 e. The Labute approximate surface area is 89.7 Å². The second-order valence-electron chi connectivity index (χ2n) is 2.47. The second-order valence-corrected chi connectivity index (χ2v) is 3.97. The minimum Gasteiger partial charge on any atom is -0.379 e. The fourth-order valence-corrected chi connectivity index (χ4v) is 1.16. The Morgan fingerprint density at radius 1 is 1.62 bits per heavy atom. The van der Waals surface area contributed by atoms with E-state index >= 15 is 0 Å². The van der Waals surface area contributed by atoms with E-state index in [1.54, 1.807) is 12.1 Å². The Morgan fingerprint density at radius 2 is 2.31 bits per heavy atom. The summed E-state index contributed by atoms with van der Waals surface area (Å²) < 4.78 is 13.7. The standard InChI is InChI=1S/C9H8BrClFN/c1-6(10)5-13-8-4-2-3-7(12)9(8)11/h2-4,13H,1,5H2. The molecule has 1 aromatic rings. The topological polar surface area (TPSA) is 12.0 Å². The Hall–Kier alpha value is -0.540. The molecule has 70 valence electrons. The lowest BCUT2D eigenvalue weighted by atomic mass is 10.3. The molecule has 0 bridgehead atoms. The molecule has 0 atom stereocenters. The summed E-state index contributed by atoms with van der Waals surface area (Å²) >= 11 is 8.88. The molecule has 0 heterocycles. The highest BCUT2D eigenvalue weighted by Crippen LogP contribution is 2.24. The van der Waals surface area contributed by atoms with Gasteiger partial charge < -0.3 is 5.32 Å². The quantitative estimate of drug-likeness (QED) is 0.875. The molecular formula is C9H8BrClFN. The van der Waals surface area contributed by atoms with Crippen molar-refractivity contribution in [2.45, 2.75) is 0 Å². The molecule has 4 heteroatoms. The van der Waals surface area contributed by atoms with Gasteiger partial charge in [0, 0.05) is 11.0 Å². The number of benzene rings is 1. The summed E-state index contributed by atoms with van der Waals surface area (Å²) in [5.74, 6) is -0.424. The van der Waals surface area contributed by atoms with Gasteiger partial charge in [0.1, 0.15) is 5.82 Å². The number of nitrogens with one attached hydrogen (secondary N) is 1. The molecule has 1 N–H and O–H groups in total. The molecule has 0 aliphatic carbocycles. The molecule has 0 spiro atoms. The minimum absolute atomic E-state index is 0.108. The second kappa shape index (κ2) is 4.63. The number of hydrogen-bond acceptors (Lipinski definition) is 1. The van der Waals surface area contributed by atoms with Crippen molar-refractivity contribution in [1.29, 1.82) is 0 Å². The predicted molar refractivity (Wildman–Crippen MR) is 58.0 cm³/mol. The summed E-state index contributed by atoms with van der Waals surface area (Å²) in [6, 6.07) is 4.62. The van der Waals surface area contributed by atoms with E-state index in [4.69, 9.17) is 11.6 Å². The zero-order valence-corrected chi connectivity index (χ0v) is 9.12. The fraction of sp³-hybridized carbons (Fsp3) is 0.111.